The summed E-state index contributed by atoms with van der Waals surface area (Å²) in [6.45, 7) is 7.35. The molecule has 0 aromatic rings. The molecule has 7 atom stereocenters. The number of rotatable bonds is 11. The van der Waals surface area contributed by atoms with Crippen molar-refractivity contribution in [1.82, 2.24) is 16.0 Å². The van der Waals surface area contributed by atoms with Gasteiger partial charge in [-0.25, -0.2) is 4.79 Å². The van der Waals surface area contributed by atoms with Crippen LogP contribution in [0.4, 0.5) is 0 Å². The summed E-state index contributed by atoms with van der Waals surface area (Å²) in [5.74, 6) is -3.95. The van der Waals surface area contributed by atoms with Crippen molar-refractivity contribution in [3.05, 3.63) is 0 Å². The molecule has 11 heteroatoms. The van der Waals surface area contributed by atoms with Gasteiger partial charge in [0.1, 0.15) is 24.2 Å². The minimum absolute atomic E-state index is 0.323. The number of nitrogens with one attached hydrogen (secondary N) is 3. The number of hydrogen-bond donors (Lipinski definition) is 7. The third-order valence-corrected chi connectivity index (χ3v) is 4.41. The van der Waals surface area contributed by atoms with E-state index in [1.807, 2.05) is 0 Å². The molecule has 0 saturated heterocycles. The minimum atomic E-state index is -1.42. The molecule has 8 N–H and O–H groups in total. The van der Waals surface area contributed by atoms with Crippen molar-refractivity contribution >= 4 is 23.7 Å². The van der Waals surface area contributed by atoms with Crippen molar-refractivity contribution in [2.75, 3.05) is 0 Å². The Balaban J connectivity index is 5.04. The molecule has 0 aliphatic carbocycles. The third kappa shape index (κ3) is 7.79. The zero-order valence-electron chi connectivity index (χ0n) is 16.8. The molecule has 0 aromatic heterocycles. The van der Waals surface area contributed by atoms with Crippen LogP contribution >= 0.6 is 0 Å². The second-order valence-electron chi connectivity index (χ2n) is 6.93. The molecule has 0 rings (SSSR count). The van der Waals surface area contributed by atoms with Crippen molar-refractivity contribution in [2.45, 2.75) is 77.4 Å². The Hall–Kier alpha value is -2.24. The van der Waals surface area contributed by atoms with Gasteiger partial charge >= 0.3 is 5.97 Å². The van der Waals surface area contributed by atoms with E-state index >= 15 is 0 Å². The van der Waals surface area contributed by atoms with Crippen LogP contribution in [0.1, 0.15) is 41.0 Å². The fraction of sp³-hybridized carbons (Fsp3) is 0.765. The highest BCUT2D eigenvalue weighted by molar-refractivity contribution is 5.94. The number of amides is 3. The van der Waals surface area contributed by atoms with Crippen LogP contribution in [0.5, 0.6) is 0 Å². The Bertz CT molecular complexity index is 568. The zero-order valence-corrected chi connectivity index (χ0v) is 16.8. The molecule has 162 valence electrons. The normalized spacial score (nSPS) is 18.6. The first kappa shape index (κ1) is 25.8. The van der Waals surface area contributed by atoms with E-state index in [1.165, 1.54) is 20.8 Å². The lowest BCUT2D eigenvalue weighted by Crippen LogP contribution is -2.60. The summed E-state index contributed by atoms with van der Waals surface area (Å²) < 4.78 is 0. The molecule has 3 amide bonds. The Morgan fingerprint density at radius 2 is 1.32 bits per heavy atom. The average molecular weight is 404 g/mol. The fourth-order valence-electron chi connectivity index (χ4n) is 2.20. The van der Waals surface area contributed by atoms with Crippen LogP contribution in [-0.4, -0.2) is 75.4 Å². The van der Waals surface area contributed by atoms with Gasteiger partial charge in [0.25, 0.3) is 0 Å². The number of carboxylic acids is 1. The van der Waals surface area contributed by atoms with Crippen molar-refractivity contribution < 1.29 is 34.5 Å². The second kappa shape index (κ2) is 11.6. The van der Waals surface area contributed by atoms with Gasteiger partial charge in [0, 0.05) is 0 Å². The molecule has 0 aliphatic heterocycles. The van der Waals surface area contributed by atoms with Crippen LogP contribution in [0.3, 0.4) is 0 Å². The highest BCUT2D eigenvalue weighted by Gasteiger charge is 2.32. The van der Waals surface area contributed by atoms with Crippen LogP contribution in [0.15, 0.2) is 0 Å². The topological polar surface area (TPSA) is 191 Å². The molecular formula is C17H32N4O7. The maximum absolute atomic E-state index is 12.4. The van der Waals surface area contributed by atoms with E-state index in [9.17, 15) is 34.5 Å². The van der Waals surface area contributed by atoms with Crippen molar-refractivity contribution in [3.63, 3.8) is 0 Å². The number of carbonyl (C=O) groups is 4. The summed E-state index contributed by atoms with van der Waals surface area (Å²) >= 11 is 0. The predicted molar refractivity (Wildman–Crippen MR) is 99.9 cm³/mol. The molecule has 0 aromatic carbocycles. The van der Waals surface area contributed by atoms with E-state index < -0.39 is 60.1 Å². The van der Waals surface area contributed by atoms with E-state index in [2.05, 4.69) is 16.0 Å². The van der Waals surface area contributed by atoms with E-state index in [-0.39, 0.29) is 5.92 Å². The molecule has 0 aliphatic rings. The summed E-state index contributed by atoms with van der Waals surface area (Å²) in [7, 11) is 0. The van der Waals surface area contributed by atoms with E-state index in [0.717, 1.165) is 0 Å². The monoisotopic (exact) mass is 404 g/mol. The van der Waals surface area contributed by atoms with Gasteiger partial charge in [0.05, 0.1) is 12.2 Å². The lowest BCUT2D eigenvalue weighted by molar-refractivity contribution is -0.143. The summed E-state index contributed by atoms with van der Waals surface area (Å²) in [6.07, 6.45) is -1.96. The Kier molecular flexibility index (Phi) is 10.6. The van der Waals surface area contributed by atoms with Gasteiger partial charge in [-0.2, -0.15) is 0 Å². The molecule has 0 fully saturated rings. The number of carbonyl (C=O) groups excluding carboxylic acids is 3. The maximum atomic E-state index is 12.4. The Morgan fingerprint density at radius 1 is 0.821 bits per heavy atom. The van der Waals surface area contributed by atoms with E-state index in [0.29, 0.717) is 6.42 Å². The number of carboxylic acid groups (broad SMARTS) is 1. The van der Waals surface area contributed by atoms with E-state index in [4.69, 9.17) is 5.73 Å². The van der Waals surface area contributed by atoms with Crippen LogP contribution < -0.4 is 21.7 Å². The molecule has 0 radical (unpaired) electrons. The van der Waals surface area contributed by atoms with Gasteiger partial charge in [-0.3, -0.25) is 14.4 Å². The number of aliphatic hydroxyl groups is 2. The number of aliphatic hydroxyl groups excluding tert-OH is 2. The van der Waals surface area contributed by atoms with Crippen molar-refractivity contribution in [2.24, 2.45) is 11.7 Å². The second-order valence-corrected chi connectivity index (χ2v) is 6.93. The van der Waals surface area contributed by atoms with Crippen LogP contribution in [-0.2, 0) is 19.2 Å². The van der Waals surface area contributed by atoms with Crippen LogP contribution in [0, 0.1) is 5.92 Å². The Morgan fingerprint density at radius 3 is 1.71 bits per heavy atom. The quantitative estimate of drug-likeness (QED) is 0.199. The van der Waals surface area contributed by atoms with Gasteiger partial charge in [-0.15, -0.1) is 0 Å². The lowest BCUT2D eigenvalue weighted by Gasteiger charge is -2.26. The molecule has 0 heterocycles. The smallest absolute Gasteiger partial charge is 0.326 e. The van der Waals surface area contributed by atoms with Gasteiger partial charge in [-0.1, -0.05) is 20.3 Å². The number of nitrogens with two attached hydrogens (primary N) is 1. The predicted octanol–water partition coefficient (Wildman–Crippen LogP) is -2.32. The molecular weight excluding hydrogens is 372 g/mol. The summed E-state index contributed by atoms with van der Waals surface area (Å²) in [5.41, 5.74) is 5.49. The molecule has 0 spiro atoms. The molecule has 0 saturated carbocycles. The first-order chi connectivity index (χ1) is 12.8. The maximum Gasteiger partial charge on any atom is 0.326 e. The van der Waals surface area contributed by atoms with Gasteiger partial charge in [0.2, 0.25) is 17.7 Å². The van der Waals surface area contributed by atoms with Gasteiger partial charge in [0.15, 0.2) is 0 Å². The summed E-state index contributed by atoms with van der Waals surface area (Å²) in [6, 6.07) is -4.96. The van der Waals surface area contributed by atoms with Gasteiger partial charge < -0.3 is 37.0 Å². The SMILES string of the molecule is CCC(C)C(NC(=O)C(C)NC(=O)C(NC(=O)C(N)C(C)O)C(C)O)C(=O)O. The first-order valence-corrected chi connectivity index (χ1v) is 9.09. The van der Waals surface area contributed by atoms with Crippen LogP contribution in [0.25, 0.3) is 0 Å². The molecule has 11 nitrogen and oxygen atoms in total. The summed E-state index contributed by atoms with van der Waals surface area (Å²) in [5, 5.41) is 35.2. The highest BCUT2D eigenvalue weighted by atomic mass is 16.4. The molecule has 0 bridgehead atoms. The zero-order chi connectivity index (χ0) is 22.2. The fourth-order valence-corrected chi connectivity index (χ4v) is 2.20. The Labute approximate surface area is 164 Å². The van der Waals surface area contributed by atoms with Gasteiger partial charge in [-0.05, 0) is 26.7 Å². The minimum Gasteiger partial charge on any atom is -0.480 e. The highest BCUT2D eigenvalue weighted by Crippen LogP contribution is 2.08. The first-order valence-electron chi connectivity index (χ1n) is 9.09. The standard InChI is InChI=1S/C17H32N4O7/c1-6-7(2)12(17(27)28)20-14(24)8(3)19-16(26)13(10(5)23)21-15(25)11(18)9(4)22/h7-13,22-23H,6,18H2,1-5H3,(H,19,26)(H,20,24)(H,21,25)(H,27,28). The molecule has 28 heavy (non-hydrogen) atoms. The number of aliphatic carboxylic acids is 1. The number of hydrogen-bond acceptors (Lipinski definition) is 7. The third-order valence-electron chi connectivity index (χ3n) is 4.41. The molecule has 7 unspecified atom stereocenters. The summed E-state index contributed by atoms with van der Waals surface area (Å²) in [4.78, 5) is 47.8. The van der Waals surface area contributed by atoms with Crippen LogP contribution in [0.2, 0.25) is 0 Å². The van der Waals surface area contributed by atoms with E-state index in [1.54, 1.807) is 13.8 Å². The lowest BCUT2D eigenvalue weighted by atomic mass is 9.99. The largest absolute Gasteiger partial charge is 0.480 e. The van der Waals surface area contributed by atoms with Crippen molar-refractivity contribution in [1.29, 1.82) is 0 Å². The average Bonchev–Trinajstić information content (AvgIpc) is 2.61. The van der Waals surface area contributed by atoms with Crippen molar-refractivity contribution in [3.8, 4) is 0 Å².